The number of unbranched alkanes of at least 4 members (excludes halogenated alkanes) is 1. The largest absolute Gasteiger partial charge is 0.381 e. The third kappa shape index (κ3) is 10.2. The van der Waals surface area contributed by atoms with Gasteiger partial charge in [-0.25, -0.2) is 0 Å². The van der Waals surface area contributed by atoms with E-state index in [4.69, 9.17) is 10.5 Å². The van der Waals surface area contributed by atoms with Gasteiger partial charge in [0.25, 0.3) is 0 Å². The van der Waals surface area contributed by atoms with Crippen LogP contribution in [0.5, 0.6) is 0 Å². The van der Waals surface area contributed by atoms with Crippen molar-refractivity contribution in [2.75, 3.05) is 13.2 Å². The Morgan fingerprint density at radius 3 is 2.40 bits per heavy atom. The predicted octanol–water partition coefficient (Wildman–Crippen LogP) is 3.35. The maximum absolute atomic E-state index is 5.68. The molecule has 0 aliphatic heterocycles. The Hall–Kier alpha value is -0.0800. The molecule has 0 rings (SSSR count). The van der Waals surface area contributed by atoms with Crippen LogP contribution in [0.25, 0.3) is 0 Å². The molecule has 0 aliphatic carbocycles. The molecule has 2 nitrogen and oxygen atoms in total. The van der Waals surface area contributed by atoms with E-state index in [2.05, 4.69) is 20.8 Å². The van der Waals surface area contributed by atoms with Crippen LogP contribution in [-0.4, -0.2) is 19.3 Å². The van der Waals surface area contributed by atoms with E-state index >= 15 is 0 Å². The van der Waals surface area contributed by atoms with Crippen LogP contribution >= 0.6 is 0 Å². The number of nitrogens with two attached hydrogens (primary N) is 1. The highest BCUT2D eigenvalue weighted by molar-refractivity contribution is 4.56. The molecule has 0 saturated carbocycles. The van der Waals surface area contributed by atoms with E-state index in [0.717, 1.165) is 32.0 Å². The van der Waals surface area contributed by atoms with Crippen LogP contribution in [-0.2, 0) is 4.74 Å². The van der Waals surface area contributed by atoms with Crippen LogP contribution in [0.15, 0.2) is 0 Å². The average Bonchev–Trinajstić information content (AvgIpc) is 2.21. The molecule has 0 aromatic carbocycles. The molecule has 2 N–H and O–H groups in total. The molecule has 0 amide bonds. The molecular formula is C13H29NO. The summed E-state index contributed by atoms with van der Waals surface area (Å²) in [5.74, 6) is 0.764. The van der Waals surface area contributed by atoms with E-state index in [9.17, 15) is 0 Å². The first-order valence-corrected chi connectivity index (χ1v) is 6.54. The maximum atomic E-state index is 5.68. The Bertz CT molecular complexity index is 126. The van der Waals surface area contributed by atoms with Crippen molar-refractivity contribution in [1.29, 1.82) is 0 Å². The summed E-state index contributed by atoms with van der Waals surface area (Å²) in [5.41, 5.74) is 5.67. The van der Waals surface area contributed by atoms with Gasteiger partial charge in [0.2, 0.25) is 0 Å². The van der Waals surface area contributed by atoms with Crippen molar-refractivity contribution in [3.63, 3.8) is 0 Å². The molecule has 15 heavy (non-hydrogen) atoms. The van der Waals surface area contributed by atoms with Crippen LogP contribution in [0.3, 0.4) is 0 Å². The Balaban J connectivity index is 3.30. The predicted molar refractivity (Wildman–Crippen MR) is 67.0 cm³/mol. The monoisotopic (exact) mass is 215 g/mol. The van der Waals surface area contributed by atoms with Crippen molar-refractivity contribution in [2.45, 2.75) is 65.3 Å². The van der Waals surface area contributed by atoms with Gasteiger partial charge in [-0.1, -0.05) is 33.1 Å². The Morgan fingerprint density at radius 2 is 1.87 bits per heavy atom. The zero-order valence-electron chi connectivity index (χ0n) is 10.8. The van der Waals surface area contributed by atoms with Crippen LogP contribution in [0.1, 0.15) is 59.3 Å². The molecule has 0 bridgehead atoms. The van der Waals surface area contributed by atoms with E-state index in [0.29, 0.717) is 6.04 Å². The van der Waals surface area contributed by atoms with Gasteiger partial charge in [0, 0.05) is 19.3 Å². The van der Waals surface area contributed by atoms with Crippen molar-refractivity contribution in [1.82, 2.24) is 0 Å². The Kier molecular flexibility index (Phi) is 10.4. The number of rotatable bonds is 10. The standard InChI is InChI=1S/C13H29NO/c1-4-6-9-13(5-2)11-15-10-7-8-12(3)14/h12-13H,4-11,14H2,1-3H3. The van der Waals surface area contributed by atoms with E-state index < -0.39 is 0 Å². The van der Waals surface area contributed by atoms with Gasteiger partial charge in [-0.2, -0.15) is 0 Å². The highest BCUT2D eigenvalue weighted by atomic mass is 16.5. The van der Waals surface area contributed by atoms with E-state index in [1.165, 1.54) is 25.7 Å². The summed E-state index contributed by atoms with van der Waals surface area (Å²) in [6, 6.07) is 0.315. The minimum atomic E-state index is 0.315. The fourth-order valence-corrected chi connectivity index (χ4v) is 1.66. The average molecular weight is 215 g/mol. The van der Waals surface area contributed by atoms with Gasteiger partial charge >= 0.3 is 0 Å². The van der Waals surface area contributed by atoms with Crippen molar-refractivity contribution >= 4 is 0 Å². The molecule has 2 unspecified atom stereocenters. The molecule has 0 aromatic rings. The van der Waals surface area contributed by atoms with Crippen molar-refractivity contribution in [2.24, 2.45) is 11.7 Å². The molecule has 0 spiro atoms. The summed E-state index contributed by atoms with van der Waals surface area (Å²) in [5, 5.41) is 0. The maximum Gasteiger partial charge on any atom is 0.0494 e. The van der Waals surface area contributed by atoms with Crippen molar-refractivity contribution in [3.05, 3.63) is 0 Å². The molecule has 0 aromatic heterocycles. The fraction of sp³-hybridized carbons (Fsp3) is 1.00. The molecular weight excluding hydrogens is 186 g/mol. The van der Waals surface area contributed by atoms with Gasteiger partial charge in [0.15, 0.2) is 0 Å². The SMILES string of the molecule is CCCCC(CC)COCCCC(C)N. The Labute approximate surface area is 95.6 Å². The smallest absolute Gasteiger partial charge is 0.0494 e. The zero-order valence-corrected chi connectivity index (χ0v) is 10.8. The second kappa shape index (κ2) is 10.4. The summed E-state index contributed by atoms with van der Waals surface area (Å²) in [7, 11) is 0. The highest BCUT2D eigenvalue weighted by Crippen LogP contribution is 2.12. The van der Waals surface area contributed by atoms with Gasteiger partial charge in [0.1, 0.15) is 0 Å². The van der Waals surface area contributed by atoms with Gasteiger partial charge in [-0.05, 0) is 32.1 Å². The fourth-order valence-electron chi connectivity index (χ4n) is 1.66. The molecule has 2 heteroatoms. The first-order valence-electron chi connectivity index (χ1n) is 6.54. The third-order valence-corrected chi connectivity index (χ3v) is 2.84. The van der Waals surface area contributed by atoms with Crippen LogP contribution in [0.4, 0.5) is 0 Å². The molecule has 92 valence electrons. The van der Waals surface area contributed by atoms with E-state index in [1.54, 1.807) is 0 Å². The molecule has 0 heterocycles. The van der Waals surface area contributed by atoms with Gasteiger partial charge in [-0.3, -0.25) is 0 Å². The summed E-state index contributed by atoms with van der Waals surface area (Å²) in [6.07, 6.45) is 7.37. The van der Waals surface area contributed by atoms with Gasteiger partial charge in [0.05, 0.1) is 0 Å². The van der Waals surface area contributed by atoms with Crippen LogP contribution < -0.4 is 5.73 Å². The summed E-state index contributed by atoms with van der Waals surface area (Å²) >= 11 is 0. The third-order valence-electron chi connectivity index (χ3n) is 2.84. The zero-order chi connectivity index (χ0) is 11.5. The summed E-state index contributed by atoms with van der Waals surface area (Å²) < 4.78 is 5.68. The minimum Gasteiger partial charge on any atom is -0.381 e. The minimum absolute atomic E-state index is 0.315. The van der Waals surface area contributed by atoms with Crippen molar-refractivity contribution in [3.8, 4) is 0 Å². The number of ether oxygens (including phenoxy) is 1. The second-order valence-electron chi connectivity index (χ2n) is 4.61. The first kappa shape index (κ1) is 14.9. The lowest BCUT2D eigenvalue weighted by molar-refractivity contribution is 0.0904. The lowest BCUT2D eigenvalue weighted by Gasteiger charge is -2.14. The highest BCUT2D eigenvalue weighted by Gasteiger charge is 2.05. The molecule has 2 atom stereocenters. The van der Waals surface area contributed by atoms with Gasteiger partial charge < -0.3 is 10.5 Å². The molecule has 0 radical (unpaired) electrons. The van der Waals surface area contributed by atoms with Gasteiger partial charge in [-0.15, -0.1) is 0 Å². The van der Waals surface area contributed by atoms with Crippen molar-refractivity contribution < 1.29 is 4.74 Å². The lowest BCUT2D eigenvalue weighted by Crippen LogP contribution is -2.16. The molecule has 0 aliphatic rings. The second-order valence-corrected chi connectivity index (χ2v) is 4.61. The normalized spacial score (nSPS) is 15.2. The topological polar surface area (TPSA) is 35.2 Å². The Morgan fingerprint density at radius 1 is 1.13 bits per heavy atom. The van der Waals surface area contributed by atoms with E-state index in [-0.39, 0.29) is 0 Å². The molecule has 0 saturated heterocycles. The lowest BCUT2D eigenvalue weighted by atomic mass is 10.0. The van der Waals surface area contributed by atoms with Crippen LogP contribution in [0, 0.1) is 5.92 Å². The number of hydrogen-bond donors (Lipinski definition) is 1. The molecule has 0 fully saturated rings. The summed E-state index contributed by atoms with van der Waals surface area (Å²) in [6.45, 7) is 8.37. The van der Waals surface area contributed by atoms with E-state index in [1.807, 2.05) is 0 Å². The summed E-state index contributed by atoms with van der Waals surface area (Å²) in [4.78, 5) is 0. The van der Waals surface area contributed by atoms with Crippen LogP contribution in [0.2, 0.25) is 0 Å². The first-order chi connectivity index (χ1) is 7.20. The number of hydrogen-bond acceptors (Lipinski definition) is 2. The quantitative estimate of drug-likeness (QED) is 0.567.